The van der Waals surface area contributed by atoms with Gasteiger partial charge in [-0.25, -0.2) is 14.4 Å². The van der Waals surface area contributed by atoms with E-state index in [1.165, 1.54) is 19.1 Å². The second kappa shape index (κ2) is 9.86. The van der Waals surface area contributed by atoms with Crippen molar-refractivity contribution in [2.45, 2.75) is 6.92 Å². The quantitative estimate of drug-likeness (QED) is 0.315. The highest BCUT2D eigenvalue weighted by Gasteiger charge is 2.18. The summed E-state index contributed by atoms with van der Waals surface area (Å²) in [5, 5.41) is 15.1. The number of esters is 2. The lowest BCUT2D eigenvalue weighted by molar-refractivity contribution is -0.150. The molecule has 0 saturated heterocycles. The summed E-state index contributed by atoms with van der Waals surface area (Å²) >= 11 is 0. The number of carboxylic acid groups (broad SMARTS) is 1. The average Bonchev–Trinajstić information content (AvgIpc) is 2.57. The van der Waals surface area contributed by atoms with Crippen molar-refractivity contribution >= 4 is 17.9 Å². The number of carbonyl (C=O) groups is 3. The molecule has 1 rings (SSSR count). The van der Waals surface area contributed by atoms with Gasteiger partial charge in [-0.2, -0.15) is 5.26 Å². The highest BCUT2D eigenvalue weighted by molar-refractivity contribution is 6.08. The summed E-state index contributed by atoms with van der Waals surface area (Å²) in [6, 6.07) is 1.69. The summed E-state index contributed by atoms with van der Waals surface area (Å²) in [5.41, 5.74) is 0.370. The molecule has 0 aromatic rings. The summed E-state index contributed by atoms with van der Waals surface area (Å²) in [5.74, 6) is -2.08. The number of carbonyl (C=O) groups excluding carboxylic acids is 2. The molecular formula is C11H11NO5. The van der Waals surface area contributed by atoms with Crippen molar-refractivity contribution in [3.8, 4) is 6.07 Å². The van der Waals surface area contributed by atoms with E-state index in [0.717, 1.165) is 6.08 Å². The first-order valence-electron chi connectivity index (χ1n) is 4.19. The lowest BCUT2D eigenvalue weighted by Crippen LogP contribution is -1.99. The van der Waals surface area contributed by atoms with Crippen molar-refractivity contribution in [3.05, 3.63) is 37.0 Å². The van der Waals surface area contributed by atoms with Crippen molar-refractivity contribution in [1.29, 1.82) is 5.26 Å². The van der Waals surface area contributed by atoms with Crippen molar-refractivity contribution in [1.82, 2.24) is 0 Å². The van der Waals surface area contributed by atoms with E-state index in [2.05, 4.69) is 17.9 Å². The summed E-state index contributed by atoms with van der Waals surface area (Å²) in [6.07, 6.45) is 3.18. The zero-order chi connectivity index (χ0) is 13.8. The molecule has 0 aliphatic carbocycles. The maximum Gasteiger partial charge on any atom is 0.341 e. The molecule has 1 aliphatic rings. The van der Waals surface area contributed by atoms with Gasteiger partial charge >= 0.3 is 17.9 Å². The largest absolute Gasteiger partial charge is 0.478 e. The summed E-state index contributed by atoms with van der Waals surface area (Å²) in [6.45, 7) is 7.61. The van der Waals surface area contributed by atoms with Gasteiger partial charge in [-0.1, -0.05) is 13.2 Å². The van der Waals surface area contributed by atoms with E-state index in [4.69, 9.17) is 10.4 Å². The molecule has 1 aliphatic heterocycles. The van der Waals surface area contributed by atoms with E-state index < -0.39 is 17.9 Å². The first kappa shape index (κ1) is 16.7. The minimum absolute atomic E-state index is 0.370. The van der Waals surface area contributed by atoms with Crippen molar-refractivity contribution < 1.29 is 24.2 Å². The van der Waals surface area contributed by atoms with E-state index in [1.54, 1.807) is 6.07 Å². The van der Waals surface area contributed by atoms with Crippen LogP contribution in [0.25, 0.3) is 0 Å². The van der Waals surface area contributed by atoms with E-state index in [9.17, 15) is 14.4 Å². The molecule has 0 unspecified atom stereocenters. The van der Waals surface area contributed by atoms with Crippen LogP contribution in [0.15, 0.2) is 37.0 Å². The van der Waals surface area contributed by atoms with E-state index in [-0.39, 0.29) is 0 Å². The molecule has 6 heteroatoms. The van der Waals surface area contributed by atoms with Crippen LogP contribution >= 0.6 is 0 Å². The van der Waals surface area contributed by atoms with Crippen LogP contribution in [-0.2, 0) is 19.1 Å². The van der Waals surface area contributed by atoms with Gasteiger partial charge < -0.3 is 9.84 Å². The number of ether oxygens (including phenoxy) is 1. The Hall–Kier alpha value is -2.68. The predicted octanol–water partition coefficient (Wildman–Crippen LogP) is 0.969. The second-order valence-corrected chi connectivity index (χ2v) is 2.41. The Morgan fingerprint density at radius 2 is 1.94 bits per heavy atom. The van der Waals surface area contributed by atoms with Crippen LogP contribution in [-0.4, -0.2) is 23.0 Å². The van der Waals surface area contributed by atoms with Crippen LogP contribution in [0.1, 0.15) is 6.92 Å². The van der Waals surface area contributed by atoms with Gasteiger partial charge in [0.05, 0.1) is 6.07 Å². The predicted molar refractivity (Wildman–Crippen MR) is 58.5 cm³/mol. The Balaban J connectivity index is 0. The van der Waals surface area contributed by atoms with Gasteiger partial charge in [-0.15, -0.1) is 0 Å². The van der Waals surface area contributed by atoms with Gasteiger partial charge in [-0.05, 0) is 6.92 Å². The Bertz CT molecular complexity index is 401. The smallest absolute Gasteiger partial charge is 0.341 e. The SMILES string of the molecule is C=CC#N.C=CC(=O)O.CC1=CC(=O)OC1=O. The van der Waals surface area contributed by atoms with Gasteiger partial charge in [-0.3, -0.25) is 0 Å². The van der Waals surface area contributed by atoms with Crippen LogP contribution in [0.4, 0.5) is 0 Å². The molecule has 0 bridgehead atoms. The van der Waals surface area contributed by atoms with Gasteiger partial charge in [0.15, 0.2) is 0 Å². The molecule has 0 amide bonds. The fraction of sp³-hybridized carbons (Fsp3) is 0.0909. The highest BCUT2D eigenvalue weighted by Crippen LogP contribution is 2.04. The number of nitriles is 1. The molecule has 0 aromatic heterocycles. The molecule has 0 saturated carbocycles. The van der Waals surface area contributed by atoms with Crippen LogP contribution in [0.3, 0.4) is 0 Å². The summed E-state index contributed by atoms with van der Waals surface area (Å²) < 4.78 is 4.10. The number of allylic oxidation sites excluding steroid dienone is 1. The van der Waals surface area contributed by atoms with Crippen LogP contribution < -0.4 is 0 Å². The third-order valence-corrected chi connectivity index (χ3v) is 1.12. The van der Waals surface area contributed by atoms with Gasteiger partial charge in [0, 0.05) is 23.8 Å². The van der Waals surface area contributed by atoms with E-state index >= 15 is 0 Å². The number of nitrogens with zero attached hydrogens (tertiary/aromatic N) is 1. The van der Waals surface area contributed by atoms with Gasteiger partial charge in [0.25, 0.3) is 0 Å². The molecule has 0 spiro atoms. The van der Waals surface area contributed by atoms with Crippen LogP contribution in [0, 0.1) is 11.3 Å². The first-order chi connectivity index (χ1) is 7.88. The molecule has 1 N–H and O–H groups in total. The number of cyclic esters (lactones) is 2. The second-order valence-electron chi connectivity index (χ2n) is 2.41. The fourth-order valence-electron chi connectivity index (χ4n) is 0.437. The zero-order valence-corrected chi connectivity index (χ0v) is 9.17. The molecule has 0 fully saturated rings. The lowest BCUT2D eigenvalue weighted by atomic mass is 10.3. The first-order valence-corrected chi connectivity index (χ1v) is 4.19. The molecule has 17 heavy (non-hydrogen) atoms. The van der Waals surface area contributed by atoms with Gasteiger partial charge in [0.2, 0.25) is 0 Å². The summed E-state index contributed by atoms with van der Waals surface area (Å²) in [4.78, 5) is 29.7. The topological polar surface area (TPSA) is 104 Å². The number of hydrogen-bond donors (Lipinski definition) is 1. The number of hydrogen-bond acceptors (Lipinski definition) is 5. The molecule has 1 heterocycles. The molecule has 6 nitrogen and oxygen atoms in total. The minimum atomic E-state index is -0.981. The Morgan fingerprint density at radius 3 is 2.00 bits per heavy atom. The van der Waals surface area contributed by atoms with E-state index in [1.807, 2.05) is 0 Å². The Labute approximate surface area is 98.1 Å². The number of rotatable bonds is 1. The Kier molecular flexibility index (Phi) is 9.71. The molecule has 0 radical (unpaired) electrons. The third kappa shape index (κ3) is 11.2. The minimum Gasteiger partial charge on any atom is -0.478 e. The van der Waals surface area contributed by atoms with E-state index in [0.29, 0.717) is 5.57 Å². The lowest BCUT2D eigenvalue weighted by Gasteiger charge is -1.83. The summed E-state index contributed by atoms with van der Waals surface area (Å²) in [7, 11) is 0. The molecule has 90 valence electrons. The highest BCUT2D eigenvalue weighted by atomic mass is 16.6. The van der Waals surface area contributed by atoms with Crippen LogP contribution in [0.2, 0.25) is 0 Å². The average molecular weight is 237 g/mol. The van der Waals surface area contributed by atoms with Crippen LogP contribution in [0.5, 0.6) is 0 Å². The fourth-order valence-corrected chi connectivity index (χ4v) is 0.437. The third-order valence-electron chi connectivity index (χ3n) is 1.12. The standard InChI is InChI=1S/C5H4O3.C3H3N.C3H4O2/c1-3-2-4(6)8-5(3)7;1-2-3-4;1-2-3(4)5/h2H,1H3;2H,1H2;2H,1H2,(H,4,5). The van der Waals surface area contributed by atoms with Crippen molar-refractivity contribution in [2.24, 2.45) is 0 Å². The number of aliphatic carboxylic acids is 1. The normalized spacial score (nSPS) is 11.4. The maximum absolute atomic E-state index is 10.3. The van der Waals surface area contributed by atoms with Crippen molar-refractivity contribution in [3.63, 3.8) is 0 Å². The zero-order valence-electron chi connectivity index (χ0n) is 9.17. The molecule has 0 aromatic carbocycles. The molecular weight excluding hydrogens is 226 g/mol. The molecule has 0 atom stereocenters. The monoisotopic (exact) mass is 237 g/mol. The maximum atomic E-state index is 10.3. The van der Waals surface area contributed by atoms with Gasteiger partial charge in [0.1, 0.15) is 0 Å². The number of carboxylic acids is 1. The van der Waals surface area contributed by atoms with Crippen molar-refractivity contribution in [2.75, 3.05) is 0 Å². The Morgan fingerprint density at radius 1 is 1.53 bits per heavy atom.